The number of fused-ring (bicyclic) bond motifs is 1. The zero-order valence-electron chi connectivity index (χ0n) is 11.4. The highest BCUT2D eigenvalue weighted by Crippen LogP contribution is 2.43. The van der Waals surface area contributed by atoms with Crippen LogP contribution in [-0.4, -0.2) is 13.2 Å². The highest BCUT2D eigenvalue weighted by atomic mass is 79.9. The van der Waals surface area contributed by atoms with Crippen LogP contribution in [0.4, 0.5) is 0 Å². The first kappa shape index (κ1) is 14.1. The van der Waals surface area contributed by atoms with Crippen LogP contribution in [0, 0.1) is 11.8 Å². The van der Waals surface area contributed by atoms with Crippen molar-refractivity contribution in [2.45, 2.75) is 37.9 Å². The Morgan fingerprint density at radius 3 is 2.78 bits per heavy atom. The molecule has 0 saturated heterocycles. The van der Waals surface area contributed by atoms with Crippen LogP contribution < -0.4 is 0 Å². The second kappa shape index (κ2) is 6.72. The molecule has 0 saturated carbocycles. The molecule has 0 fully saturated rings. The molecule has 100 valence electrons. The second-order valence-electron chi connectivity index (χ2n) is 5.65. The second-order valence-corrected chi connectivity index (χ2v) is 6.63. The van der Waals surface area contributed by atoms with Crippen LogP contribution in [0.2, 0.25) is 0 Å². The average Bonchev–Trinajstić information content (AvgIpc) is 2.66. The molecule has 0 aliphatic heterocycles. The van der Waals surface area contributed by atoms with Crippen LogP contribution in [0.1, 0.15) is 42.6 Å². The smallest absolute Gasteiger partial charge is 0.0469 e. The third-order valence-electron chi connectivity index (χ3n) is 3.72. The van der Waals surface area contributed by atoms with Crippen molar-refractivity contribution in [3.05, 3.63) is 35.4 Å². The Hall–Kier alpha value is -0.340. The van der Waals surface area contributed by atoms with Gasteiger partial charge in [-0.1, -0.05) is 54.0 Å². The van der Waals surface area contributed by atoms with Gasteiger partial charge >= 0.3 is 0 Å². The Morgan fingerprint density at radius 2 is 2.06 bits per heavy atom. The van der Waals surface area contributed by atoms with Gasteiger partial charge in [0, 0.05) is 18.0 Å². The van der Waals surface area contributed by atoms with Gasteiger partial charge in [0.25, 0.3) is 0 Å². The molecular weight excluding hydrogens is 288 g/mol. The molecule has 2 rings (SSSR count). The van der Waals surface area contributed by atoms with Gasteiger partial charge in [-0.15, -0.1) is 0 Å². The third kappa shape index (κ3) is 3.58. The van der Waals surface area contributed by atoms with Crippen molar-refractivity contribution < 1.29 is 4.74 Å². The lowest BCUT2D eigenvalue weighted by atomic mass is 10.0. The minimum absolute atomic E-state index is 0.516. The lowest BCUT2D eigenvalue weighted by Crippen LogP contribution is -2.08. The van der Waals surface area contributed by atoms with Gasteiger partial charge in [0.2, 0.25) is 0 Å². The minimum Gasteiger partial charge on any atom is -0.381 e. The van der Waals surface area contributed by atoms with Gasteiger partial charge in [0.1, 0.15) is 0 Å². The van der Waals surface area contributed by atoms with Crippen LogP contribution in [0.5, 0.6) is 0 Å². The summed E-state index contributed by atoms with van der Waals surface area (Å²) in [6.07, 6.45) is 3.52. The van der Waals surface area contributed by atoms with Gasteiger partial charge in [-0.05, 0) is 42.2 Å². The van der Waals surface area contributed by atoms with E-state index in [0.29, 0.717) is 10.7 Å². The number of alkyl halides is 1. The molecule has 0 aromatic heterocycles. The van der Waals surface area contributed by atoms with Crippen LogP contribution in [-0.2, 0) is 11.2 Å². The standard InChI is InChI=1S/C16H23BrO/c1-12(2)7-9-18-10-8-14-11-13-5-3-4-6-15(13)16(14)17/h3-6,12,14,16H,7-11H2,1-2H3. The molecule has 2 atom stereocenters. The number of halogens is 1. The maximum Gasteiger partial charge on any atom is 0.0469 e. The minimum atomic E-state index is 0.516. The van der Waals surface area contributed by atoms with Gasteiger partial charge in [-0.25, -0.2) is 0 Å². The van der Waals surface area contributed by atoms with Crippen molar-refractivity contribution in [3.8, 4) is 0 Å². The molecule has 0 bridgehead atoms. The number of rotatable bonds is 6. The van der Waals surface area contributed by atoms with E-state index in [4.69, 9.17) is 4.74 Å². The van der Waals surface area contributed by atoms with E-state index in [-0.39, 0.29) is 0 Å². The molecule has 2 heteroatoms. The first-order valence-corrected chi connectivity index (χ1v) is 7.89. The Morgan fingerprint density at radius 1 is 1.28 bits per heavy atom. The Balaban J connectivity index is 1.73. The van der Waals surface area contributed by atoms with Gasteiger partial charge in [0.15, 0.2) is 0 Å². The summed E-state index contributed by atoms with van der Waals surface area (Å²) >= 11 is 3.84. The summed E-state index contributed by atoms with van der Waals surface area (Å²) in [4.78, 5) is 0.516. The largest absolute Gasteiger partial charge is 0.381 e. The fraction of sp³-hybridized carbons (Fsp3) is 0.625. The van der Waals surface area contributed by atoms with Crippen molar-refractivity contribution >= 4 is 15.9 Å². The molecule has 0 amide bonds. The highest BCUT2D eigenvalue weighted by Gasteiger charge is 2.29. The predicted octanol–water partition coefficient (Wildman–Crippen LogP) is 4.75. The van der Waals surface area contributed by atoms with Gasteiger partial charge in [-0.3, -0.25) is 0 Å². The Kier molecular flexibility index (Phi) is 5.25. The summed E-state index contributed by atoms with van der Waals surface area (Å²) in [5.74, 6) is 1.44. The fourth-order valence-corrected chi connectivity index (χ4v) is 3.43. The van der Waals surface area contributed by atoms with E-state index >= 15 is 0 Å². The van der Waals surface area contributed by atoms with Crippen LogP contribution in [0.15, 0.2) is 24.3 Å². The van der Waals surface area contributed by atoms with Gasteiger partial charge in [0.05, 0.1) is 0 Å². The van der Waals surface area contributed by atoms with Crippen molar-refractivity contribution in [2.24, 2.45) is 11.8 Å². The zero-order valence-corrected chi connectivity index (χ0v) is 12.9. The Bertz CT molecular complexity index is 375. The molecule has 1 aliphatic carbocycles. The quantitative estimate of drug-likeness (QED) is 0.544. The van der Waals surface area contributed by atoms with E-state index < -0.39 is 0 Å². The summed E-state index contributed by atoms with van der Waals surface area (Å²) in [7, 11) is 0. The summed E-state index contributed by atoms with van der Waals surface area (Å²) in [5, 5.41) is 0. The lowest BCUT2D eigenvalue weighted by molar-refractivity contribution is 0.111. The van der Waals surface area contributed by atoms with Crippen molar-refractivity contribution in [1.29, 1.82) is 0 Å². The van der Waals surface area contributed by atoms with E-state index in [9.17, 15) is 0 Å². The maximum absolute atomic E-state index is 5.73. The van der Waals surface area contributed by atoms with Gasteiger partial charge < -0.3 is 4.74 Å². The third-order valence-corrected chi connectivity index (χ3v) is 4.96. The highest BCUT2D eigenvalue weighted by molar-refractivity contribution is 9.09. The molecule has 1 aliphatic rings. The number of ether oxygens (including phenoxy) is 1. The molecule has 1 aromatic carbocycles. The molecule has 0 N–H and O–H groups in total. The number of hydrogen-bond acceptors (Lipinski definition) is 1. The zero-order chi connectivity index (χ0) is 13.0. The molecular formula is C16H23BrO. The normalized spacial score (nSPS) is 22.4. The topological polar surface area (TPSA) is 9.23 Å². The predicted molar refractivity (Wildman–Crippen MR) is 80.2 cm³/mol. The number of benzene rings is 1. The van der Waals surface area contributed by atoms with Crippen LogP contribution in [0.3, 0.4) is 0 Å². The molecule has 1 aromatic rings. The molecule has 0 heterocycles. The van der Waals surface area contributed by atoms with Crippen molar-refractivity contribution in [3.63, 3.8) is 0 Å². The van der Waals surface area contributed by atoms with Crippen LogP contribution >= 0.6 is 15.9 Å². The molecule has 1 nitrogen and oxygen atoms in total. The molecule has 2 unspecified atom stereocenters. The summed E-state index contributed by atoms with van der Waals surface area (Å²) < 4.78 is 5.73. The summed E-state index contributed by atoms with van der Waals surface area (Å²) in [6.45, 7) is 6.29. The summed E-state index contributed by atoms with van der Waals surface area (Å²) in [6, 6.07) is 8.77. The molecule has 0 spiro atoms. The number of hydrogen-bond donors (Lipinski definition) is 0. The fourth-order valence-electron chi connectivity index (χ4n) is 2.53. The molecule has 0 radical (unpaired) electrons. The van der Waals surface area contributed by atoms with E-state index in [1.54, 1.807) is 0 Å². The monoisotopic (exact) mass is 310 g/mol. The SMILES string of the molecule is CC(C)CCOCCC1Cc2ccccc2C1Br. The van der Waals surface area contributed by atoms with E-state index in [1.165, 1.54) is 24.0 Å². The molecule has 18 heavy (non-hydrogen) atoms. The van der Waals surface area contributed by atoms with Crippen LogP contribution in [0.25, 0.3) is 0 Å². The lowest BCUT2D eigenvalue weighted by Gasteiger charge is -2.14. The first-order chi connectivity index (χ1) is 8.68. The van der Waals surface area contributed by atoms with E-state index in [2.05, 4.69) is 54.0 Å². The average molecular weight is 311 g/mol. The first-order valence-electron chi connectivity index (χ1n) is 6.98. The van der Waals surface area contributed by atoms with Gasteiger partial charge in [-0.2, -0.15) is 0 Å². The Labute approximate surface area is 119 Å². The van der Waals surface area contributed by atoms with E-state index in [1.807, 2.05) is 0 Å². The van der Waals surface area contributed by atoms with Crippen molar-refractivity contribution in [2.75, 3.05) is 13.2 Å². The summed E-state index contributed by atoms with van der Waals surface area (Å²) in [5.41, 5.74) is 2.98. The van der Waals surface area contributed by atoms with Crippen molar-refractivity contribution in [1.82, 2.24) is 0 Å². The van der Waals surface area contributed by atoms with E-state index in [0.717, 1.165) is 25.6 Å². The maximum atomic E-state index is 5.73.